The molecule has 0 N–H and O–H groups in total. The summed E-state index contributed by atoms with van der Waals surface area (Å²) in [5, 5.41) is 1.73. The van der Waals surface area contributed by atoms with E-state index in [0.29, 0.717) is 13.2 Å². The van der Waals surface area contributed by atoms with Crippen LogP contribution in [0.25, 0.3) is 0 Å². The Bertz CT molecular complexity index is 745. The minimum Gasteiger partial charge on any atom is -0.497 e. The summed E-state index contributed by atoms with van der Waals surface area (Å²) < 4.78 is 5.18. The number of amides is 1. The summed E-state index contributed by atoms with van der Waals surface area (Å²) in [4.78, 5) is 21.6. The Morgan fingerprint density at radius 1 is 1.04 bits per heavy atom. The summed E-state index contributed by atoms with van der Waals surface area (Å²) in [6.07, 6.45) is -0.471. The number of carbonyl (C=O) groups excluding carboxylic acids is 1. The fourth-order valence-electron chi connectivity index (χ4n) is 3.14. The second-order valence-corrected chi connectivity index (χ2v) is 6.02. The third-order valence-corrected chi connectivity index (χ3v) is 4.47. The fourth-order valence-corrected chi connectivity index (χ4v) is 3.14. The van der Waals surface area contributed by atoms with Gasteiger partial charge in [0, 0.05) is 11.4 Å². The minimum atomic E-state index is -0.339. The Morgan fingerprint density at radius 2 is 1.71 bits per heavy atom. The molecule has 2 aliphatic rings. The van der Waals surface area contributed by atoms with E-state index < -0.39 is 0 Å². The van der Waals surface area contributed by atoms with Gasteiger partial charge in [0.2, 0.25) is 0 Å². The van der Waals surface area contributed by atoms with Crippen molar-refractivity contribution in [2.45, 2.75) is 13.1 Å². The van der Waals surface area contributed by atoms with Gasteiger partial charge in [0.25, 0.3) is 0 Å². The van der Waals surface area contributed by atoms with Crippen LogP contribution in [0, 0.1) is 6.92 Å². The third kappa shape index (κ3) is 2.45. The highest BCUT2D eigenvalue weighted by Gasteiger charge is 2.47. The molecule has 1 atom stereocenters. The van der Waals surface area contributed by atoms with Crippen LogP contribution in [0.15, 0.2) is 48.5 Å². The van der Waals surface area contributed by atoms with Crippen LogP contribution in [-0.4, -0.2) is 37.6 Å². The predicted molar refractivity (Wildman–Crippen MR) is 91.0 cm³/mol. The van der Waals surface area contributed by atoms with E-state index in [2.05, 4.69) is 36.1 Å². The zero-order chi connectivity index (χ0) is 16.7. The zero-order valence-corrected chi connectivity index (χ0v) is 13.7. The highest BCUT2D eigenvalue weighted by molar-refractivity contribution is 5.90. The average molecular weight is 325 g/mol. The molecule has 2 aliphatic heterocycles. The maximum Gasteiger partial charge on any atom is 0.435 e. The van der Waals surface area contributed by atoms with Crippen LogP contribution in [0.1, 0.15) is 5.56 Å². The zero-order valence-electron chi connectivity index (χ0n) is 13.7. The van der Waals surface area contributed by atoms with Crippen molar-refractivity contribution in [3.8, 4) is 5.75 Å². The number of nitrogens with zero attached hydrogens (tertiary/aromatic N) is 3. The summed E-state index contributed by atoms with van der Waals surface area (Å²) in [6, 6.07) is 15.8. The predicted octanol–water partition coefficient (Wildman–Crippen LogP) is 2.98. The number of benzene rings is 2. The van der Waals surface area contributed by atoms with Gasteiger partial charge in [-0.05, 0) is 43.3 Å². The topological polar surface area (TPSA) is 45.2 Å². The smallest absolute Gasteiger partial charge is 0.435 e. The van der Waals surface area contributed by atoms with Crippen LogP contribution in [0.3, 0.4) is 0 Å². The molecule has 2 heterocycles. The first-order chi connectivity index (χ1) is 11.7. The van der Waals surface area contributed by atoms with Gasteiger partial charge in [0.05, 0.1) is 13.7 Å². The maximum atomic E-state index is 12.2. The van der Waals surface area contributed by atoms with Crippen LogP contribution in [-0.2, 0) is 4.84 Å². The number of ether oxygens (including phenoxy) is 1. The molecule has 4 rings (SSSR count). The van der Waals surface area contributed by atoms with Gasteiger partial charge in [0.1, 0.15) is 18.6 Å². The standard InChI is InChI=1S/C18H19N3O3/c1-13-3-5-14(6-4-13)19-11-17-20(12-19)24-18(22)21(17)15-7-9-16(23-2)10-8-15/h3-10,17H,11-12H2,1-2H3. The molecule has 6 heteroatoms. The molecule has 0 radical (unpaired) electrons. The molecule has 0 bridgehead atoms. The van der Waals surface area contributed by atoms with Crippen molar-refractivity contribution in [3.63, 3.8) is 0 Å². The van der Waals surface area contributed by atoms with E-state index in [1.165, 1.54) is 5.56 Å². The first-order valence-electron chi connectivity index (χ1n) is 7.89. The van der Waals surface area contributed by atoms with Gasteiger partial charge in [-0.1, -0.05) is 22.8 Å². The molecule has 2 aromatic rings. The van der Waals surface area contributed by atoms with Crippen molar-refractivity contribution >= 4 is 17.5 Å². The molecule has 6 nitrogen and oxygen atoms in total. The molecule has 24 heavy (non-hydrogen) atoms. The Hall–Kier alpha value is -2.73. The van der Waals surface area contributed by atoms with Crippen LogP contribution < -0.4 is 14.5 Å². The van der Waals surface area contributed by atoms with Gasteiger partial charge in [-0.3, -0.25) is 4.90 Å². The number of aryl methyl sites for hydroxylation is 1. The fraction of sp³-hybridized carbons (Fsp3) is 0.278. The highest BCUT2D eigenvalue weighted by Crippen LogP contribution is 2.33. The molecule has 0 aromatic heterocycles. The molecule has 0 aliphatic carbocycles. The number of hydrogen-bond donors (Lipinski definition) is 0. The monoisotopic (exact) mass is 325 g/mol. The van der Waals surface area contributed by atoms with Crippen LogP contribution in [0.2, 0.25) is 0 Å². The van der Waals surface area contributed by atoms with Crippen molar-refractivity contribution < 1.29 is 14.4 Å². The number of rotatable bonds is 3. The second-order valence-electron chi connectivity index (χ2n) is 6.02. The van der Waals surface area contributed by atoms with E-state index in [-0.39, 0.29) is 12.3 Å². The lowest BCUT2D eigenvalue weighted by Crippen LogP contribution is -2.38. The lowest BCUT2D eigenvalue weighted by molar-refractivity contribution is -0.0656. The van der Waals surface area contributed by atoms with Gasteiger partial charge in [0.15, 0.2) is 0 Å². The lowest BCUT2D eigenvalue weighted by atomic mass is 10.2. The van der Waals surface area contributed by atoms with Crippen molar-refractivity contribution in [1.29, 1.82) is 0 Å². The summed E-state index contributed by atoms with van der Waals surface area (Å²) in [7, 11) is 1.62. The van der Waals surface area contributed by atoms with Gasteiger partial charge in [-0.15, -0.1) is 0 Å². The Kier molecular flexibility index (Phi) is 3.54. The average Bonchev–Trinajstić information content (AvgIpc) is 3.12. The van der Waals surface area contributed by atoms with Crippen molar-refractivity contribution in [2.24, 2.45) is 0 Å². The van der Waals surface area contributed by atoms with Crippen LogP contribution in [0.5, 0.6) is 5.75 Å². The number of methoxy groups -OCH3 is 1. The number of anilines is 2. The Morgan fingerprint density at radius 3 is 2.38 bits per heavy atom. The van der Waals surface area contributed by atoms with E-state index in [9.17, 15) is 4.79 Å². The normalized spacial score (nSPS) is 20.2. The number of fused-ring (bicyclic) bond motifs is 1. The molecular weight excluding hydrogens is 306 g/mol. The van der Waals surface area contributed by atoms with Crippen molar-refractivity contribution in [3.05, 3.63) is 54.1 Å². The van der Waals surface area contributed by atoms with Crippen LogP contribution in [0.4, 0.5) is 16.2 Å². The van der Waals surface area contributed by atoms with Gasteiger partial charge < -0.3 is 14.5 Å². The quantitative estimate of drug-likeness (QED) is 0.868. The molecule has 2 fully saturated rings. The molecule has 2 aromatic carbocycles. The van der Waals surface area contributed by atoms with Gasteiger partial charge in [-0.2, -0.15) is 0 Å². The minimum absolute atomic E-state index is 0.132. The molecule has 2 saturated heterocycles. The summed E-state index contributed by atoms with van der Waals surface area (Å²) in [6.45, 7) is 3.33. The molecule has 0 spiro atoms. The van der Waals surface area contributed by atoms with Gasteiger partial charge >= 0.3 is 6.09 Å². The van der Waals surface area contributed by atoms with E-state index >= 15 is 0 Å². The van der Waals surface area contributed by atoms with E-state index in [1.54, 1.807) is 17.1 Å². The first-order valence-corrected chi connectivity index (χ1v) is 7.89. The SMILES string of the molecule is COc1ccc(N2C(=O)ON3CN(c4ccc(C)cc4)CC32)cc1. The van der Waals surface area contributed by atoms with Crippen LogP contribution >= 0.6 is 0 Å². The Balaban J connectivity index is 1.56. The van der Waals surface area contributed by atoms with E-state index in [1.807, 2.05) is 24.3 Å². The third-order valence-electron chi connectivity index (χ3n) is 4.47. The summed E-state index contributed by atoms with van der Waals surface area (Å²) in [5.41, 5.74) is 3.16. The molecule has 124 valence electrons. The Labute approximate surface area is 140 Å². The summed E-state index contributed by atoms with van der Waals surface area (Å²) >= 11 is 0. The van der Waals surface area contributed by atoms with E-state index in [4.69, 9.17) is 9.57 Å². The van der Waals surface area contributed by atoms with Crippen molar-refractivity contribution in [1.82, 2.24) is 5.06 Å². The number of hydroxylamine groups is 2. The van der Waals surface area contributed by atoms with E-state index in [0.717, 1.165) is 17.1 Å². The largest absolute Gasteiger partial charge is 0.497 e. The number of hydrogen-bond acceptors (Lipinski definition) is 5. The highest BCUT2D eigenvalue weighted by atomic mass is 16.7. The first kappa shape index (κ1) is 14.8. The summed E-state index contributed by atoms with van der Waals surface area (Å²) in [5.74, 6) is 0.760. The second kappa shape index (κ2) is 5.72. The lowest BCUT2D eigenvalue weighted by Gasteiger charge is -2.22. The molecule has 0 saturated carbocycles. The van der Waals surface area contributed by atoms with Crippen molar-refractivity contribution in [2.75, 3.05) is 30.1 Å². The number of carbonyl (C=O) groups is 1. The molecule has 1 unspecified atom stereocenters. The maximum absolute atomic E-state index is 12.2. The molecule has 1 amide bonds. The van der Waals surface area contributed by atoms with Gasteiger partial charge in [-0.25, -0.2) is 4.79 Å². The molecular formula is C18H19N3O3.